The molecule has 3 rings (SSSR count). The summed E-state index contributed by atoms with van der Waals surface area (Å²) in [6.07, 6.45) is 0.726. The van der Waals surface area contributed by atoms with E-state index in [4.69, 9.17) is 5.11 Å². The Labute approximate surface area is 133 Å². The molecule has 2 heterocycles. The van der Waals surface area contributed by atoms with Gasteiger partial charge in [0.05, 0.1) is 0 Å². The molecule has 0 bridgehead atoms. The highest BCUT2D eigenvalue weighted by molar-refractivity contribution is 7.14. The van der Waals surface area contributed by atoms with Crippen LogP contribution in [0.15, 0.2) is 24.3 Å². The minimum atomic E-state index is -0.897. The van der Waals surface area contributed by atoms with E-state index in [1.807, 2.05) is 32.0 Å². The van der Waals surface area contributed by atoms with Gasteiger partial charge in [0.1, 0.15) is 4.88 Å². The monoisotopic (exact) mass is 315 g/mol. The van der Waals surface area contributed by atoms with Gasteiger partial charge in [-0.1, -0.05) is 6.07 Å². The van der Waals surface area contributed by atoms with E-state index < -0.39 is 5.97 Å². The molecule has 1 aliphatic rings. The number of amides is 1. The first kappa shape index (κ1) is 14.8. The van der Waals surface area contributed by atoms with Crippen LogP contribution in [0.4, 0.5) is 0 Å². The Kier molecular flexibility index (Phi) is 3.74. The Hall–Kier alpha value is -2.14. The average Bonchev–Trinajstić information content (AvgIpc) is 2.92. The molecule has 0 aliphatic carbocycles. The normalized spacial score (nSPS) is 13.8. The van der Waals surface area contributed by atoms with Crippen molar-refractivity contribution in [3.63, 3.8) is 0 Å². The van der Waals surface area contributed by atoms with Gasteiger partial charge < -0.3 is 10.0 Å². The van der Waals surface area contributed by atoms with E-state index in [9.17, 15) is 9.59 Å². The Morgan fingerprint density at radius 2 is 1.95 bits per heavy atom. The zero-order valence-electron chi connectivity index (χ0n) is 12.5. The minimum absolute atomic E-state index is 0.0109. The maximum absolute atomic E-state index is 12.6. The number of carboxylic acids is 1. The van der Waals surface area contributed by atoms with Crippen molar-refractivity contribution < 1.29 is 14.7 Å². The third-order valence-corrected chi connectivity index (χ3v) is 5.34. The fourth-order valence-corrected chi connectivity index (χ4v) is 3.67. The molecule has 1 amide bonds. The summed E-state index contributed by atoms with van der Waals surface area (Å²) in [7, 11) is 0. The van der Waals surface area contributed by atoms with Crippen molar-refractivity contribution in [2.45, 2.75) is 26.8 Å². The molecule has 4 nitrogen and oxygen atoms in total. The molecule has 114 valence electrons. The molecule has 0 fully saturated rings. The van der Waals surface area contributed by atoms with Gasteiger partial charge in [-0.3, -0.25) is 4.79 Å². The second-order valence-corrected chi connectivity index (χ2v) is 6.78. The van der Waals surface area contributed by atoms with Crippen LogP contribution in [-0.2, 0) is 13.0 Å². The lowest BCUT2D eigenvalue weighted by molar-refractivity contribution is 0.0701. The predicted octanol–water partition coefficient (Wildman–Crippen LogP) is 3.26. The van der Waals surface area contributed by atoms with E-state index >= 15 is 0 Å². The van der Waals surface area contributed by atoms with Crippen LogP contribution in [0.25, 0.3) is 0 Å². The number of benzene rings is 1. The second-order valence-electron chi connectivity index (χ2n) is 5.64. The largest absolute Gasteiger partial charge is 0.477 e. The van der Waals surface area contributed by atoms with Crippen molar-refractivity contribution in [1.29, 1.82) is 0 Å². The highest BCUT2D eigenvalue weighted by atomic mass is 32.1. The van der Waals surface area contributed by atoms with E-state index in [1.54, 1.807) is 11.0 Å². The lowest BCUT2D eigenvalue weighted by Gasteiger charge is -2.27. The minimum Gasteiger partial charge on any atom is -0.477 e. The number of rotatable bonds is 2. The van der Waals surface area contributed by atoms with Gasteiger partial charge in [0.25, 0.3) is 5.91 Å². The number of aromatic carboxylic acids is 1. The average molecular weight is 315 g/mol. The predicted molar refractivity (Wildman–Crippen MR) is 85.6 cm³/mol. The van der Waals surface area contributed by atoms with Crippen molar-refractivity contribution in [2.75, 3.05) is 6.54 Å². The van der Waals surface area contributed by atoms with Gasteiger partial charge in [-0.05, 0) is 55.2 Å². The van der Waals surface area contributed by atoms with E-state index in [0.29, 0.717) is 23.5 Å². The van der Waals surface area contributed by atoms with Crippen LogP contribution in [0, 0.1) is 13.8 Å². The fraction of sp³-hybridized carbons (Fsp3) is 0.294. The molecule has 0 atom stereocenters. The van der Waals surface area contributed by atoms with Gasteiger partial charge in [-0.15, -0.1) is 11.3 Å². The third kappa shape index (κ3) is 2.64. The van der Waals surface area contributed by atoms with E-state index in [1.165, 1.54) is 16.9 Å². The Bertz CT molecular complexity index is 763. The molecule has 0 radical (unpaired) electrons. The highest BCUT2D eigenvalue weighted by Gasteiger charge is 2.25. The highest BCUT2D eigenvalue weighted by Crippen LogP contribution is 2.29. The van der Waals surface area contributed by atoms with Crippen molar-refractivity contribution >= 4 is 23.2 Å². The van der Waals surface area contributed by atoms with Gasteiger partial charge in [0.2, 0.25) is 0 Å². The summed E-state index contributed by atoms with van der Waals surface area (Å²) in [6.45, 7) is 5.15. The number of thiophene rings is 1. The summed E-state index contributed by atoms with van der Waals surface area (Å²) < 4.78 is 0. The van der Waals surface area contributed by atoms with Gasteiger partial charge in [0.15, 0.2) is 0 Å². The van der Waals surface area contributed by atoms with Crippen LogP contribution >= 0.6 is 11.3 Å². The molecule has 22 heavy (non-hydrogen) atoms. The molecule has 0 saturated heterocycles. The molecule has 1 aliphatic heterocycles. The smallest absolute Gasteiger partial charge is 0.345 e. The van der Waals surface area contributed by atoms with Gasteiger partial charge in [-0.2, -0.15) is 0 Å². The summed E-state index contributed by atoms with van der Waals surface area (Å²) in [6, 6.07) is 7.44. The van der Waals surface area contributed by atoms with Crippen molar-refractivity contribution in [2.24, 2.45) is 0 Å². The van der Waals surface area contributed by atoms with Gasteiger partial charge >= 0.3 is 5.97 Å². The Morgan fingerprint density at radius 3 is 2.64 bits per heavy atom. The molecule has 1 aromatic heterocycles. The summed E-state index contributed by atoms with van der Waals surface area (Å²) in [5, 5.41) is 9.07. The van der Waals surface area contributed by atoms with Crippen molar-refractivity contribution in [1.82, 2.24) is 4.90 Å². The molecule has 2 aromatic rings. The number of hydrogen-bond donors (Lipinski definition) is 1. The standard InChI is InChI=1S/C17H17NO3S/c1-10-3-4-12(7-11(10)2)16(19)18-6-5-14-13(9-18)8-15(22-14)17(20)21/h3-4,7-8H,5-6,9H2,1-2H3,(H,20,21). The summed E-state index contributed by atoms with van der Waals surface area (Å²) >= 11 is 1.32. The van der Waals surface area contributed by atoms with Crippen molar-refractivity contribution in [3.05, 3.63) is 56.3 Å². The third-order valence-electron chi connectivity index (χ3n) is 4.12. The van der Waals surface area contributed by atoms with Crippen LogP contribution in [0.1, 0.15) is 41.6 Å². The number of aryl methyl sites for hydroxylation is 2. The zero-order chi connectivity index (χ0) is 15.9. The van der Waals surface area contributed by atoms with E-state index in [0.717, 1.165) is 22.4 Å². The Morgan fingerprint density at radius 1 is 1.18 bits per heavy atom. The molecule has 0 unspecified atom stereocenters. The van der Waals surface area contributed by atoms with Gasteiger partial charge in [0, 0.05) is 23.5 Å². The Balaban J connectivity index is 1.82. The number of carboxylic acid groups (broad SMARTS) is 1. The van der Waals surface area contributed by atoms with Crippen LogP contribution in [-0.4, -0.2) is 28.4 Å². The van der Waals surface area contributed by atoms with Crippen molar-refractivity contribution in [3.8, 4) is 0 Å². The number of carbonyl (C=O) groups is 2. The van der Waals surface area contributed by atoms with Crippen LogP contribution in [0.3, 0.4) is 0 Å². The zero-order valence-corrected chi connectivity index (χ0v) is 13.4. The fourth-order valence-electron chi connectivity index (χ4n) is 2.67. The number of carbonyl (C=O) groups excluding carboxylic acids is 1. The summed E-state index contributed by atoms with van der Waals surface area (Å²) in [5.74, 6) is -0.886. The summed E-state index contributed by atoms with van der Waals surface area (Å²) in [4.78, 5) is 26.9. The van der Waals surface area contributed by atoms with E-state index in [-0.39, 0.29) is 5.91 Å². The summed E-state index contributed by atoms with van der Waals surface area (Å²) in [5.41, 5.74) is 3.93. The second kappa shape index (κ2) is 5.57. The maximum Gasteiger partial charge on any atom is 0.345 e. The topological polar surface area (TPSA) is 57.6 Å². The molecule has 0 spiro atoms. The van der Waals surface area contributed by atoms with Crippen LogP contribution in [0.2, 0.25) is 0 Å². The van der Waals surface area contributed by atoms with E-state index in [2.05, 4.69) is 0 Å². The van der Waals surface area contributed by atoms with Crippen LogP contribution in [0.5, 0.6) is 0 Å². The van der Waals surface area contributed by atoms with Crippen LogP contribution < -0.4 is 0 Å². The lowest BCUT2D eigenvalue weighted by atomic mass is 10.0. The SMILES string of the molecule is Cc1ccc(C(=O)N2CCc3sc(C(=O)O)cc3C2)cc1C. The maximum atomic E-state index is 12.6. The molecule has 5 heteroatoms. The molecule has 1 N–H and O–H groups in total. The molecular weight excluding hydrogens is 298 g/mol. The molecular formula is C17H17NO3S. The molecule has 0 saturated carbocycles. The number of nitrogens with zero attached hydrogens (tertiary/aromatic N) is 1. The lowest BCUT2D eigenvalue weighted by Crippen LogP contribution is -2.35. The first-order valence-electron chi connectivity index (χ1n) is 7.17. The first-order valence-corrected chi connectivity index (χ1v) is 7.99. The first-order chi connectivity index (χ1) is 10.5. The molecule has 1 aromatic carbocycles. The quantitative estimate of drug-likeness (QED) is 0.925. The van der Waals surface area contributed by atoms with Gasteiger partial charge in [-0.25, -0.2) is 4.79 Å². The number of hydrogen-bond acceptors (Lipinski definition) is 3. The number of fused-ring (bicyclic) bond motifs is 1.